The number of nitrogens with zero attached hydrogens (tertiary/aromatic N) is 3. The Morgan fingerprint density at radius 2 is 2.07 bits per heavy atom. The minimum atomic E-state index is 0.743. The van der Waals surface area contributed by atoms with E-state index in [4.69, 9.17) is 9.40 Å². The van der Waals surface area contributed by atoms with Gasteiger partial charge in [0.15, 0.2) is 0 Å². The summed E-state index contributed by atoms with van der Waals surface area (Å²) in [5, 5.41) is 1.29. The first-order valence-electron chi connectivity index (χ1n) is 10.3. The summed E-state index contributed by atoms with van der Waals surface area (Å²) in [6.07, 6.45) is 10.8. The average Bonchev–Trinajstić information content (AvgIpc) is 3.53. The van der Waals surface area contributed by atoms with Crippen molar-refractivity contribution in [2.24, 2.45) is 5.92 Å². The van der Waals surface area contributed by atoms with Crippen LogP contribution in [0.1, 0.15) is 23.8 Å². The highest BCUT2D eigenvalue weighted by atomic mass is 32.1. The lowest BCUT2D eigenvalue weighted by Gasteiger charge is -2.18. The Morgan fingerprint density at radius 3 is 2.83 bits per heavy atom. The van der Waals surface area contributed by atoms with E-state index in [1.54, 1.807) is 12.5 Å². The van der Waals surface area contributed by atoms with Crippen LogP contribution in [0.5, 0.6) is 0 Å². The van der Waals surface area contributed by atoms with Gasteiger partial charge in [-0.1, -0.05) is 19.1 Å². The Bertz CT molecular complexity index is 1320. The van der Waals surface area contributed by atoms with E-state index in [2.05, 4.69) is 48.3 Å². The molecule has 0 fully saturated rings. The van der Waals surface area contributed by atoms with E-state index >= 15 is 0 Å². The van der Waals surface area contributed by atoms with E-state index in [1.165, 1.54) is 22.2 Å². The number of imidazole rings is 1. The van der Waals surface area contributed by atoms with Gasteiger partial charge in [0, 0.05) is 39.5 Å². The monoisotopic (exact) mass is 411 g/mol. The second-order valence-electron chi connectivity index (χ2n) is 8.08. The lowest BCUT2D eigenvalue weighted by Crippen LogP contribution is -2.08. The van der Waals surface area contributed by atoms with Crippen LogP contribution in [0.4, 0.5) is 0 Å². The lowest BCUT2D eigenvalue weighted by atomic mass is 9.88. The maximum Gasteiger partial charge on any atom is 0.134 e. The fourth-order valence-corrected chi connectivity index (χ4v) is 5.84. The van der Waals surface area contributed by atoms with Gasteiger partial charge in [-0.15, -0.1) is 11.3 Å². The first kappa shape index (κ1) is 17.7. The molecule has 0 radical (unpaired) electrons. The second-order valence-corrected chi connectivity index (χ2v) is 9.16. The van der Waals surface area contributed by atoms with Gasteiger partial charge in [0.05, 0.1) is 18.3 Å². The number of furan rings is 1. The standard InChI is InChI=1S/C25H21N3OS/c1-16-4-9-19-23(13-16)30-25-24(19)20(22-3-2-12-29-22)14-21(27-25)17-5-7-18(8-6-17)28-11-10-26-15-28/h2-3,5-8,10-12,14-16H,4,9,13H2,1H3/t16-/m0/s1. The van der Waals surface area contributed by atoms with Gasteiger partial charge < -0.3 is 8.98 Å². The molecule has 1 aromatic carbocycles. The summed E-state index contributed by atoms with van der Waals surface area (Å²) < 4.78 is 7.84. The van der Waals surface area contributed by atoms with Crippen LogP contribution in [0.25, 0.3) is 38.5 Å². The summed E-state index contributed by atoms with van der Waals surface area (Å²) in [6, 6.07) is 14.7. The third-order valence-electron chi connectivity index (χ3n) is 6.02. The molecule has 1 aliphatic rings. The van der Waals surface area contributed by atoms with Gasteiger partial charge in [0.1, 0.15) is 10.6 Å². The summed E-state index contributed by atoms with van der Waals surface area (Å²) in [5.74, 6) is 1.66. The minimum Gasteiger partial charge on any atom is -0.464 e. The smallest absolute Gasteiger partial charge is 0.134 e. The number of rotatable bonds is 3. The molecule has 1 aliphatic carbocycles. The molecule has 4 heterocycles. The minimum absolute atomic E-state index is 0.743. The average molecular weight is 412 g/mol. The molecule has 0 aliphatic heterocycles. The molecule has 0 saturated carbocycles. The van der Waals surface area contributed by atoms with Crippen LogP contribution in [0.3, 0.4) is 0 Å². The van der Waals surface area contributed by atoms with E-state index in [1.807, 2.05) is 34.5 Å². The van der Waals surface area contributed by atoms with Gasteiger partial charge in [0.2, 0.25) is 0 Å². The van der Waals surface area contributed by atoms with Crippen molar-refractivity contribution in [3.8, 4) is 28.3 Å². The number of hydrogen-bond acceptors (Lipinski definition) is 4. The van der Waals surface area contributed by atoms with Crippen molar-refractivity contribution >= 4 is 21.6 Å². The fraction of sp³-hybridized carbons (Fsp3) is 0.200. The van der Waals surface area contributed by atoms with Crippen LogP contribution in [-0.2, 0) is 12.8 Å². The van der Waals surface area contributed by atoms with Crippen LogP contribution < -0.4 is 0 Å². The number of aromatic nitrogens is 3. The number of thiophene rings is 1. The highest BCUT2D eigenvalue weighted by molar-refractivity contribution is 7.19. The lowest BCUT2D eigenvalue weighted by molar-refractivity contribution is 0.509. The van der Waals surface area contributed by atoms with Crippen LogP contribution in [0.2, 0.25) is 0 Å². The first-order valence-corrected chi connectivity index (χ1v) is 11.2. The zero-order valence-corrected chi connectivity index (χ0v) is 17.5. The van der Waals surface area contributed by atoms with Gasteiger partial charge >= 0.3 is 0 Å². The number of pyridine rings is 1. The van der Waals surface area contributed by atoms with E-state index in [9.17, 15) is 0 Å². The molecule has 0 amide bonds. The molecule has 0 unspecified atom stereocenters. The third kappa shape index (κ3) is 2.89. The number of fused-ring (bicyclic) bond motifs is 3. The topological polar surface area (TPSA) is 43.9 Å². The van der Waals surface area contributed by atoms with Gasteiger partial charge in [-0.2, -0.15) is 0 Å². The summed E-state index contributed by atoms with van der Waals surface area (Å²) in [6.45, 7) is 2.35. The molecule has 5 aromatic rings. The van der Waals surface area contributed by atoms with Gasteiger partial charge in [-0.05, 0) is 61.1 Å². The van der Waals surface area contributed by atoms with E-state index in [-0.39, 0.29) is 0 Å². The van der Waals surface area contributed by atoms with Crippen LogP contribution in [0.15, 0.2) is 71.9 Å². The van der Waals surface area contributed by atoms with Gasteiger partial charge in [0.25, 0.3) is 0 Å². The van der Waals surface area contributed by atoms with Crippen LogP contribution in [0, 0.1) is 5.92 Å². The predicted octanol–water partition coefficient (Wildman–Crippen LogP) is 6.53. The maximum absolute atomic E-state index is 5.83. The number of aryl methyl sites for hydroxylation is 1. The number of benzene rings is 1. The highest BCUT2D eigenvalue weighted by Crippen LogP contribution is 2.43. The van der Waals surface area contributed by atoms with Gasteiger partial charge in [-0.3, -0.25) is 0 Å². The summed E-state index contributed by atoms with van der Waals surface area (Å²) in [4.78, 5) is 11.8. The van der Waals surface area contributed by atoms with Gasteiger partial charge in [-0.25, -0.2) is 9.97 Å². The van der Waals surface area contributed by atoms with Crippen molar-refractivity contribution in [3.05, 3.63) is 77.9 Å². The van der Waals surface area contributed by atoms with Crippen molar-refractivity contribution in [3.63, 3.8) is 0 Å². The summed E-state index contributed by atoms with van der Waals surface area (Å²) in [7, 11) is 0. The maximum atomic E-state index is 5.83. The van der Waals surface area contributed by atoms with E-state index in [0.29, 0.717) is 0 Å². The molecule has 0 saturated heterocycles. The molecule has 148 valence electrons. The molecule has 0 spiro atoms. The van der Waals surface area contributed by atoms with Crippen LogP contribution in [-0.4, -0.2) is 14.5 Å². The Hall–Kier alpha value is -3.18. The Kier molecular flexibility index (Phi) is 4.09. The molecule has 30 heavy (non-hydrogen) atoms. The molecule has 4 aromatic heterocycles. The normalized spacial score (nSPS) is 16.1. The molecule has 0 bridgehead atoms. The molecule has 4 nitrogen and oxygen atoms in total. The second kappa shape index (κ2) is 6.96. The predicted molar refractivity (Wildman–Crippen MR) is 121 cm³/mol. The van der Waals surface area contributed by atoms with Crippen molar-refractivity contribution in [2.75, 3.05) is 0 Å². The fourth-order valence-electron chi connectivity index (χ4n) is 4.43. The Labute approximate surface area is 178 Å². The quantitative estimate of drug-likeness (QED) is 0.339. The van der Waals surface area contributed by atoms with Crippen molar-refractivity contribution in [1.29, 1.82) is 0 Å². The van der Waals surface area contributed by atoms with Crippen molar-refractivity contribution in [2.45, 2.75) is 26.2 Å². The molecule has 5 heteroatoms. The largest absolute Gasteiger partial charge is 0.464 e. The number of hydrogen-bond donors (Lipinski definition) is 0. The van der Waals surface area contributed by atoms with Crippen molar-refractivity contribution in [1.82, 2.24) is 14.5 Å². The SMILES string of the molecule is C[C@H]1CCc2c(sc3nc(-c4ccc(-n5ccnc5)cc4)cc(-c4ccco4)c23)C1. The first-order chi connectivity index (χ1) is 14.8. The molecule has 0 N–H and O–H groups in total. The van der Waals surface area contributed by atoms with Crippen molar-refractivity contribution < 1.29 is 4.42 Å². The van der Waals surface area contributed by atoms with E-state index < -0.39 is 0 Å². The van der Waals surface area contributed by atoms with E-state index in [0.717, 1.165) is 51.9 Å². The summed E-state index contributed by atoms with van der Waals surface area (Å²) in [5.41, 5.74) is 5.81. The zero-order valence-electron chi connectivity index (χ0n) is 16.7. The molecular weight excluding hydrogens is 390 g/mol. The zero-order chi connectivity index (χ0) is 20.1. The Balaban J connectivity index is 1.52. The third-order valence-corrected chi connectivity index (χ3v) is 7.17. The molecule has 1 atom stereocenters. The Morgan fingerprint density at radius 1 is 1.17 bits per heavy atom. The molecular formula is C25H21N3OS. The summed E-state index contributed by atoms with van der Waals surface area (Å²) >= 11 is 1.86. The molecule has 6 rings (SSSR count). The highest BCUT2D eigenvalue weighted by Gasteiger charge is 2.24. The van der Waals surface area contributed by atoms with Crippen LogP contribution >= 0.6 is 11.3 Å².